The number of hydrogen-bond acceptors (Lipinski definition) is 5. The van der Waals surface area contributed by atoms with Gasteiger partial charge in [-0.15, -0.1) is 0 Å². The Bertz CT molecular complexity index is 966. The Morgan fingerprint density at radius 2 is 1.84 bits per heavy atom. The molecule has 0 radical (unpaired) electrons. The molecule has 0 bridgehead atoms. The summed E-state index contributed by atoms with van der Waals surface area (Å²) in [6, 6.07) is 17.4. The lowest BCUT2D eigenvalue weighted by Gasteiger charge is -2.06. The molecule has 2 aromatic carbocycles. The minimum Gasteiger partial charge on any atom is -0.338 e. The van der Waals surface area contributed by atoms with Gasteiger partial charge in [-0.05, 0) is 24.3 Å². The average molecular weight is 369 g/mol. The van der Waals surface area contributed by atoms with Crippen LogP contribution in [0.1, 0.15) is 5.89 Å². The molecule has 0 fully saturated rings. The van der Waals surface area contributed by atoms with Gasteiger partial charge in [-0.25, -0.2) is 4.98 Å². The number of benzene rings is 2. The molecule has 4 rings (SSSR count). The fourth-order valence-electron chi connectivity index (χ4n) is 2.34. The van der Waals surface area contributed by atoms with E-state index in [0.717, 1.165) is 16.4 Å². The van der Waals surface area contributed by atoms with E-state index in [4.69, 9.17) is 16.1 Å². The zero-order valence-corrected chi connectivity index (χ0v) is 14.6. The Morgan fingerprint density at radius 1 is 1.04 bits per heavy atom. The summed E-state index contributed by atoms with van der Waals surface area (Å²) in [4.78, 5) is 8.84. The van der Waals surface area contributed by atoms with Crippen molar-refractivity contribution in [2.45, 2.75) is 10.9 Å². The zero-order chi connectivity index (χ0) is 17.1. The second-order valence-corrected chi connectivity index (χ2v) is 6.60. The Morgan fingerprint density at radius 3 is 2.64 bits per heavy atom. The first-order valence-corrected chi connectivity index (χ1v) is 8.96. The minimum atomic E-state index is 0.546. The normalized spacial score (nSPS) is 10.9. The maximum Gasteiger partial charge on any atom is 0.237 e. The van der Waals surface area contributed by atoms with Gasteiger partial charge >= 0.3 is 0 Å². The third-order valence-corrected chi connectivity index (χ3v) is 4.74. The van der Waals surface area contributed by atoms with Crippen LogP contribution < -0.4 is 0 Å². The van der Waals surface area contributed by atoms with E-state index >= 15 is 0 Å². The van der Waals surface area contributed by atoms with Crippen LogP contribution >= 0.6 is 23.4 Å². The predicted octanol–water partition coefficient (Wildman–Crippen LogP) is 4.87. The molecule has 5 nitrogen and oxygen atoms in total. The van der Waals surface area contributed by atoms with Crippen molar-refractivity contribution in [1.82, 2.24) is 19.7 Å². The van der Waals surface area contributed by atoms with Crippen molar-refractivity contribution in [1.29, 1.82) is 0 Å². The van der Waals surface area contributed by atoms with Crippen LogP contribution in [-0.2, 0) is 5.75 Å². The van der Waals surface area contributed by atoms with Gasteiger partial charge in [0.05, 0.1) is 5.75 Å². The lowest BCUT2D eigenvalue weighted by molar-refractivity contribution is 0.391. The van der Waals surface area contributed by atoms with Gasteiger partial charge in [0.15, 0.2) is 5.16 Å². The first kappa shape index (κ1) is 15.9. The Hall–Kier alpha value is -2.57. The summed E-state index contributed by atoms with van der Waals surface area (Å²) < 4.78 is 7.34. The standard InChI is InChI=1S/C18H13ClN4OS/c19-14-6-8-15(9-7-14)23-11-10-20-18(23)25-12-16-21-17(22-24-16)13-4-2-1-3-5-13/h1-11H,12H2. The van der Waals surface area contributed by atoms with Crippen molar-refractivity contribution in [3.63, 3.8) is 0 Å². The topological polar surface area (TPSA) is 56.7 Å². The molecule has 0 N–H and O–H groups in total. The third-order valence-electron chi connectivity index (χ3n) is 3.54. The maximum absolute atomic E-state index is 5.95. The van der Waals surface area contributed by atoms with E-state index in [1.807, 2.05) is 65.4 Å². The predicted molar refractivity (Wildman–Crippen MR) is 97.9 cm³/mol. The molecular weight excluding hydrogens is 356 g/mol. The van der Waals surface area contributed by atoms with Crippen molar-refractivity contribution >= 4 is 23.4 Å². The Kier molecular flexibility index (Phi) is 4.54. The average Bonchev–Trinajstić information content (AvgIpc) is 3.31. The van der Waals surface area contributed by atoms with E-state index in [-0.39, 0.29) is 0 Å². The van der Waals surface area contributed by atoms with Gasteiger partial charge in [0.1, 0.15) is 0 Å². The van der Waals surface area contributed by atoms with Crippen LogP contribution in [0.5, 0.6) is 0 Å². The molecule has 4 aromatic rings. The van der Waals surface area contributed by atoms with Crippen molar-refractivity contribution in [2.75, 3.05) is 0 Å². The molecular formula is C18H13ClN4OS. The highest BCUT2D eigenvalue weighted by molar-refractivity contribution is 7.98. The van der Waals surface area contributed by atoms with Crippen LogP contribution in [0, 0.1) is 0 Å². The molecule has 124 valence electrons. The van der Waals surface area contributed by atoms with Crippen molar-refractivity contribution in [3.8, 4) is 17.1 Å². The van der Waals surface area contributed by atoms with E-state index in [1.165, 1.54) is 11.8 Å². The number of rotatable bonds is 5. The highest BCUT2D eigenvalue weighted by Gasteiger charge is 2.11. The lowest BCUT2D eigenvalue weighted by Crippen LogP contribution is -1.95. The third kappa shape index (κ3) is 3.60. The quantitative estimate of drug-likeness (QED) is 0.470. The molecule has 25 heavy (non-hydrogen) atoms. The van der Waals surface area contributed by atoms with Gasteiger partial charge in [0, 0.05) is 28.7 Å². The number of halogens is 1. The SMILES string of the molecule is Clc1ccc(-n2ccnc2SCc2nc(-c3ccccc3)no2)cc1. The lowest BCUT2D eigenvalue weighted by atomic mass is 10.2. The number of aromatic nitrogens is 4. The van der Waals surface area contributed by atoms with Gasteiger partial charge in [0.25, 0.3) is 0 Å². The van der Waals surface area contributed by atoms with Crippen LogP contribution in [-0.4, -0.2) is 19.7 Å². The first-order chi connectivity index (χ1) is 12.3. The second kappa shape index (κ2) is 7.13. The number of hydrogen-bond donors (Lipinski definition) is 0. The van der Waals surface area contributed by atoms with Gasteiger partial charge in [-0.2, -0.15) is 4.98 Å². The number of imidazole rings is 1. The number of thioether (sulfide) groups is 1. The molecule has 0 saturated carbocycles. The summed E-state index contributed by atoms with van der Waals surface area (Å²) in [6.07, 6.45) is 3.68. The van der Waals surface area contributed by atoms with Gasteiger partial charge in [0.2, 0.25) is 11.7 Å². The summed E-state index contributed by atoms with van der Waals surface area (Å²) in [5, 5.41) is 5.59. The smallest absolute Gasteiger partial charge is 0.237 e. The molecule has 0 atom stereocenters. The minimum absolute atomic E-state index is 0.546. The molecule has 0 aliphatic carbocycles. The van der Waals surface area contributed by atoms with E-state index in [1.54, 1.807) is 6.20 Å². The van der Waals surface area contributed by atoms with Crippen molar-refractivity contribution in [3.05, 3.63) is 77.9 Å². The molecule has 0 spiro atoms. The Labute approximate surface area is 153 Å². The van der Waals surface area contributed by atoms with Crippen LogP contribution in [0.4, 0.5) is 0 Å². The highest BCUT2D eigenvalue weighted by atomic mass is 35.5. The molecule has 2 heterocycles. The summed E-state index contributed by atoms with van der Waals surface area (Å²) >= 11 is 7.49. The van der Waals surface area contributed by atoms with Gasteiger partial charge in [-0.3, -0.25) is 4.57 Å². The summed E-state index contributed by atoms with van der Waals surface area (Å²) in [7, 11) is 0. The van der Waals surface area contributed by atoms with Gasteiger partial charge in [-0.1, -0.05) is 58.9 Å². The molecule has 2 aromatic heterocycles. The summed E-state index contributed by atoms with van der Waals surface area (Å²) in [5.74, 6) is 1.71. The first-order valence-electron chi connectivity index (χ1n) is 7.60. The van der Waals surface area contributed by atoms with Crippen LogP contribution in [0.25, 0.3) is 17.1 Å². The summed E-state index contributed by atoms with van der Waals surface area (Å²) in [5.41, 5.74) is 1.94. The fraction of sp³-hybridized carbons (Fsp3) is 0.0556. The van der Waals surface area contributed by atoms with Crippen LogP contribution in [0.3, 0.4) is 0 Å². The monoisotopic (exact) mass is 368 g/mol. The highest BCUT2D eigenvalue weighted by Crippen LogP contribution is 2.25. The van der Waals surface area contributed by atoms with E-state index in [2.05, 4.69) is 15.1 Å². The van der Waals surface area contributed by atoms with E-state index in [9.17, 15) is 0 Å². The molecule has 0 aliphatic rings. The zero-order valence-electron chi connectivity index (χ0n) is 13.0. The van der Waals surface area contributed by atoms with Crippen molar-refractivity contribution < 1.29 is 4.52 Å². The second-order valence-electron chi connectivity index (χ2n) is 5.22. The Balaban J connectivity index is 1.49. The van der Waals surface area contributed by atoms with Crippen molar-refractivity contribution in [2.24, 2.45) is 0 Å². The molecule has 0 aliphatic heterocycles. The number of nitrogens with zero attached hydrogens (tertiary/aromatic N) is 4. The molecule has 0 amide bonds. The van der Waals surface area contributed by atoms with Gasteiger partial charge < -0.3 is 4.52 Å². The largest absolute Gasteiger partial charge is 0.338 e. The van der Waals surface area contributed by atoms with Crippen LogP contribution in [0.15, 0.2) is 76.7 Å². The van der Waals surface area contributed by atoms with E-state index < -0.39 is 0 Å². The summed E-state index contributed by atoms with van der Waals surface area (Å²) in [6.45, 7) is 0. The molecule has 0 unspecified atom stereocenters. The fourth-order valence-corrected chi connectivity index (χ4v) is 3.28. The van der Waals surface area contributed by atoms with E-state index in [0.29, 0.717) is 22.5 Å². The molecule has 0 saturated heterocycles. The molecule has 7 heteroatoms. The van der Waals surface area contributed by atoms with Crippen LogP contribution in [0.2, 0.25) is 5.02 Å². The maximum atomic E-state index is 5.95.